The van der Waals surface area contributed by atoms with Crippen molar-refractivity contribution in [2.24, 2.45) is 0 Å². The molecular weight excluding hydrogens is 278 g/mol. The molecule has 20 heavy (non-hydrogen) atoms. The van der Waals surface area contributed by atoms with Crippen LogP contribution in [0.2, 0.25) is 0 Å². The molecule has 1 aromatic carbocycles. The normalized spacial score (nSPS) is 14.8. The first-order valence-corrected chi connectivity index (χ1v) is 8.72. The lowest BCUT2D eigenvalue weighted by Gasteiger charge is -2.10. The highest BCUT2D eigenvalue weighted by Gasteiger charge is 2.11. The van der Waals surface area contributed by atoms with Crippen molar-refractivity contribution in [3.63, 3.8) is 0 Å². The maximum Gasteiger partial charge on any atom is 0.161 e. The summed E-state index contributed by atoms with van der Waals surface area (Å²) in [6.07, 6.45) is 0.886. The molecule has 0 atom stereocenters. The van der Waals surface area contributed by atoms with Crippen LogP contribution < -0.4 is 14.8 Å². The van der Waals surface area contributed by atoms with Crippen LogP contribution >= 0.6 is 0 Å². The Hall–Kier alpha value is -1.27. The van der Waals surface area contributed by atoms with Gasteiger partial charge in [0.25, 0.3) is 0 Å². The van der Waals surface area contributed by atoms with Gasteiger partial charge in [-0.25, -0.2) is 8.42 Å². The van der Waals surface area contributed by atoms with Crippen molar-refractivity contribution in [3.8, 4) is 11.5 Å². The van der Waals surface area contributed by atoms with Gasteiger partial charge in [0.15, 0.2) is 21.3 Å². The zero-order chi connectivity index (χ0) is 14.4. The number of nitrogens with one attached hydrogen (secondary N) is 1. The van der Waals surface area contributed by atoms with Crippen LogP contribution in [-0.4, -0.2) is 39.7 Å². The van der Waals surface area contributed by atoms with Crippen LogP contribution in [-0.2, 0) is 16.4 Å². The van der Waals surface area contributed by atoms with Crippen molar-refractivity contribution in [2.75, 3.05) is 31.3 Å². The molecule has 5 nitrogen and oxygen atoms in total. The summed E-state index contributed by atoms with van der Waals surface area (Å²) in [5, 5.41) is 3.14. The Kier molecular flexibility index (Phi) is 5.25. The number of ether oxygens (including phenoxy) is 2. The Morgan fingerprint density at radius 1 is 1.20 bits per heavy atom. The highest BCUT2D eigenvalue weighted by Crippen LogP contribution is 2.30. The third-order valence-electron chi connectivity index (χ3n) is 3.17. The highest BCUT2D eigenvalue weighted by molar-refractivity contribution is 7.91. The van der Waals surface area contributed by atoms with Crippen molar-refractivity contribution >= 4 is 9.84 Å². The SMILES string of the molecule is CCS(=O)(=O)CCNCc1ccc2c(c1)OCCCO2. The van der Waals surface area contributed by atoms with E-state index in [1.54, 1.807) is 6.92 Å². The lowest BCUT2D eigenvalue weighted by atomic mass is 10.2. The van der Waals surface area contributed by atoms with Gasteiger partial charge in [0.2, 0.25) is 0 Å². The summed E-state index contributed by atoms with van der Waals surface area (Å²) in [6.45, 7) is 4.09. The van der Waals surface area contributed by atoms with E-state index in [0.29, 0.717) is 26.3 Å². The lowest BCUT2D eigenvalue weighted by molar-refractivity contribution is 0.297. The molecule has 1 heterocycles. The molecule has 0 spiro atoms. The largest absolute Gasteiger partial charge is 0.490 e. The Bertz CT molecular complexity index is 542. The van der Waals surface area contributed by atoms with Crippen LogP contribution in [0.15, 0.2) is 18.2 Å². The van der Waals surface area contributed by atoms with Crippen LogP contribution in [0.1, 0.15) is 18.9 Å². The predicted molar refractivity (Wildman–Crippen MR) is 78.1 cm³/mol. The molecule has 0 fully saturated rings. The fourth-order valence-corrected chi connectivity index (χ4v) is 2.67. The van der Waals surface area contributed by atoms with Crippen molar-refractivity contribution in [1.82, 2.24) is 5.32 Å². The van der Waals surface area contributed by atoms with Gasteiger partial charge in [-0.15, -0.1) is 0 Å². The van der Waals surface area contributed by atoms with Gasteiger partial charge in [0, 0.05) is 25.3 Å². The van der Waals surface area contributed by atoms with E-state index in [2.05, 4.69) is 5.32 Å². The zero-order valence-corrected chi connectivity index (χ0v) is 12.5. The van der Waals surface area contributed by atoms with Gasteiger partial charge in [0.1, 0.15) is 0 Å². The summed E-state index contributed by atoms with van der Waals surface area (Å²) in [5.74, 6) is 1.91. The van der Waals surface area contributed by atoms with E-state index in [0.717, 1.165) is 23.5 Å². The summed E-state index contributed by atoms with van der Waals surface area (Å²) in [4.78, 5) is 0. The Balaban J connectivity index is 1.86. The minimum Gasteiger partial charge on any atom is -0.490 e. The molecule has 2 rings (SSSR count). The van der Waals surface area contributed by atoms with Crippen LogP contribution in [0.4, 0.5) is 0 Å². The molecule has 0 unspecified atom stereocenters. The molecule has 0 bridgehead atoms. The summed E-state index contributed by atoms with van der Waals surface area (Å²) in [5.41, 5.74) is 1.06. The number of rotatable bonds is 6. The van der Waals surface area contributed by atoms with Crippen molar-refractivity contribution in [2.45, 2.75) is 19.9 Å². The van der Waals surface area contributed by atoms with Gasteiger partial charge >= 0.3 is 0 Å². The molecule has 1 aromatic rings. The van der Waals surface area contributed by atoms with E-state index >= 15 is 0 Å². The Morgan fingerprint density at radius 3 is 2.70 bits per heavy atom. The van der Waals surface area contributed by atoms with Gasteiger partial charge in [-0.1, -0.05) is 13.0 Å². The zero-order valence-electron chi connectivity index (χ0n) is 11.7. The summed E-state index contributed by atoms with van der Waals surface area (Å²) < 4.78 is 33.9. The van der Waals surface area contributed by atoms with Crippen LogP contribution in [0.5, 0.6) is 11.5 Å². The molecule has 6 heteroatoms. The quantitative estimate of drug-likeness (QED) is 0.804. The number of benzene rings is 1. The third kappa shape index (κ3) is 4.38. The average molecular weight is 299 g/mol. The van der Waals surface area contributed by atoms with Crippen molar-refractivity contribution in [3.05, 3.63) is 23.8 Å². The second-order valence-corrected chi connectivity index (χ2v) is 7.22. The molecule has 0 saturated carbocycles. The van der Waals surface area contributed by atoms with Gasteiger partial charge in [-0.2, -0.15) is 0 Å². The number of hydrogen-bond acceptors (Lipinski definition) is 5. The fraction of sp³-hybridized carbons (Fsp3) is 0.571. The smallest absolute Gasteiger partial charge is 0.161 e. The third-order valence-corrected chi connectivity index (χ3v) is 4.88. The minimum atomic E-state index is -2.90. The molecule has 1 aliphatic heterocycles. The Labute approximate surface area is 120 Å². The van der Waals surface area contributed by atoms with E-state index in [4.69, 9.17) is 9.47 Å². The molecule has 0 saturated heterocycles. The average Bonchev–Trinajstić information content (AvgIpc) is 2.68. The molecule has 0 aliphatic carbocycles. The fourth-order valence-electron chi connectivity index (χ4n) is 1.92. The molecular formula is C14H21NO4S. The Morgan fingerprint density at radius 2 is 1.95 bits per heavy atom. The summed E-state index contributed by atoms with van der Waals surface area (Å²) in [6, 6.07) is 5.82. The summed E-state index contributed by atoms with van der Waals surface area (Å²) >= 11 is 0. The lowest BCUT2D eigenvalue weighted by Crippen LogP contribution is -2.23. The molecule has 0 aromatic heterocycles. The number of sulfone groups is 1. The van der Waals surface area contributed by atoms with Crippen molar-refractivity contribution in [1.29, 1.82) is 0 Å². The summed E-state index contributed by atoms with van der Waals surface area (Å²) in [7, 11) is -2.90. The predicted octanol–water partition coefficient (Wildman–Crippen LogP) is 1.37. The molecule has 0 radical (unpaired) electrons. The van der Waals surface area contributed by atoms with Gasteiger partial charge < -0.3 is 14.8 Å². The second-order valence-electron chi connectivity index (χ2n) is 4.74. The maximum atomic E-state index is 11.4. The van der Waals surface area contributed by atoms with E-state index in [1.807, 2.05) is 18.2 Å². The first-order valence-electron chi connectivity index (χ1n) is 6.90. The van der Waals surface area contributed by atoms with E-state index < -0.39 is 9.84 Å². The van der Waals surface area contributed by atoms with Crippen LogP contribution in [0.25, 0.3) is 0 Å². The van der Waals surface area contributed by atoms with Crippen LogP contribution in [0, 0.1) is 0 Å². The number of hydrogen-bond donors (Lipinski definition) is 1. The highest BCUT2D eigenvalue weighted by atomic mass is 32.2. The van der Waals surface area contributed by atoms with E-state index in [-0.39, 0.29) is 11.5 Å². The monoisotopic (exact) mass is 299 g/mol. The molecule has 1 N–H and O–H groups in total. The molecule has 112 valence electrons. The van der Waals surface area contributed by atoms with Crippen LogP contribution in [0.3, 0.4) is 0 Å². The standard InChI is InChI=1S/C14H21NO4S/c1-2-20(16,17)9-6-15-11-12-4-5-13-14(10-12)19-8-3-7-18-13/h4-5,10,15H,2-3,6-9,11H2,1H3. The van der Waals surface area contributed by atoms with Gasteiger partial charge in [0.05, 0.1) is 19.0 Å². The van der Waals surface area contributed by atoms with E-state index in [1.165, 1.54) is 0 Å². The first kappa shape index (κ1) is 15.1. The molecule has 1 aliphatic rings. The molecule has 0 amide bonds. The topological polar surface area (TPSA) is 64.6 Å². The first-order chi connectivity index (χ1) is 9.61. The van der Waals surface area contributed by atoms with E-state index in [9.17, 15) is 8.42 Å². The maximum absolute atomic E-state index is 11.4. The van der Waals surface area contributed by atoms with Gasteiger partial charge in [-0.05, 0) is 17.7 Å². The van der Waals surface area contributed by atoms with Gasteiger partial charge in [-0.3, -0.25) is 0 Å². The van der Waals surface area contributed by atoms with Crippen molar-refractivity contribution < 1.29 is 17.9 Å². The second kappa shape index (κ2) is 6.95. The number of fused-ring (bicyclic) bond motifs is 1. The minimum absolute atomic E-state index is 0.175.